The van der Waals surface area contributed by atoms with Crippen molar-refractivity contribution in [1.29, 1.82) is 5.41 Å². The van der Waals surface area contributed by atoms with Gasteiger partial charge in [-0.15, -0.1) is 0 Å². The molecule has 4 N–H and O–H groups in total. The Morgan fingerprint density at radius 1 is 1.05 bits per heavy atom. The van der Waals surface area contributed by atoms with Gasteiger partial charge in [-0.05, 0) is 36.4 Å². The number of nitrogens with zero attached hydrogens (tertiary/aromatic N) is 3. The van der Waals surface area contributed by atoms with Crippen molar-refractivity contribution in [2.75, 3.05) is 16.1 Å². The van der Waals surface area contributed by atoms with Crippen molar-refractivity contribution in [3.05, 3.63) is 77.1 Å². The van der Waals surface area contributed by atoms with Gasteiger partial charge < -0.3 is 16.0 Å². The Labute approximate surface area is 220 Å². The van der Waals surface area contributed by atoms with Crippen LogP contribution in [0.3, 0.4) is 0 Å². The van der Waals surface area contributed by atoms with Gasteiger partial charge in [0.25, 0.3) is 11.8 Å². The zero-order chi connectivity index (χ0) is 28.8. The second kappa shape index (κ2) is 9.52. The van der Waals surface area contributed by atoms with Crippen LogP contribution in [0.5, 0.6) is 0 Å². The van der Waals surface area contributed by atoms with Crippen LogP contribution in [0.2, 0.25) is 0 Å². The number of hydrogen-bond acceptors (Lipinski definition) is 6. The van der Waals surface area contributed by atoms with E-state index in [0.29, 0.717) is 28.0 Å². The third kappa shape index (κ3) is 4.61. The van der Waals surface area contributed by atoms with E-state index < -0.39 is 52.4 Å². The molecule has 40 heavy (non-hydrogen) atoms. The van der Waals surface area contributed by atoms with Crippen molar-refractivity contribution < 1.29 is 35.9 Å². The average molecular weight is 559 g/mol. The zero-order valence-corrected chi connectivity index (χ0v) is 19.8. The van der Waals surface area contributed by atoms with E-state index in [1.54, 1.807) is 0 Å². The summed E-state index contributed by atoms with van der Waals surface area (Å²) in [6.45, 7) is 0. The van der Waals surface area contributed by atoms with Crippen molar-refractivity contribution >= 4 is 52.1 Å². The van der Waals surface area contributed by atoms with E-state index in [1.165, 1.54) is 30.3 Å². The normalized spacial score (nSPS) is 13.1. The molecule has 1 aliphatic heterocycles. The predicted molar refractivity (Wildman–Crippen MR) is 134 cm³/mol. The van der Waals surface area contributed by atoms with E-state index in [-0.39, 0.29) is 16.6 Å². The molecule has 5 rings (SSSR count). The largest absolute Gasteiger partial charge is 0.434 e. The van der Waals surface area contributed by atoms with Gasteiger partial charge in [0, 0.05) is 33.9 Å². The summed E-state index contributed by atoms with van der Waals surface area (Å²) in [5.74, 6) is -1.77. The molecule has 0 aliphatic carbocycles. The summed E-state index contributed by atoms with van der Waals surface area (Å²) < 4.78 is 84.1. The molecule has 0 spiro atoms. The quantitative estimate of drug-likeness (QED) is 0.133. The Bertz CT molecular complexity index is 1720. The highest BCUT2D eigenvalue weighted by Gasteiger charge is 2.41. The van der Waals surface area contributed by atoms with Crippen LogP contribution in [0, 0.1) is 5.41 Å². The van der Waals surface area contributed by atoms with Gasteiger partial charge in [-0.1, -0.05) is 12.1 Å². The fourth-order valence-corrected chi connectivity index (χ4v) is 4.33. The lowest BCUT2D eigenvalue weighted by Gasteiger charge is -2.16. The number of alkyl halides is 6. The van der Waals surface area contributed by atoms with Crippen LogP contribution in [-0.2, 0) is 12.4 Å². The summed E-state index contributed by atoms with van der Waals surface area (Å²) in [6, 6.07) is 9.73. The molecule has 1 aromatic heterocycles. The number of hydrazone groups is 1. The van der Waals surface area contributed by atoms with Crippen molar-refractivity contribution in [1.82, 2.24) is 9.78 Å². The number of aromatic nitrogens is 2. The van der Waals surface area contributed by atoms with Crippen LogP contribution >= 0.6 is 0 Å². The van der Waals surface area contributed by atoms with E-state index in [4.69, 9.17) is 5.41 Å². The minimum atomic E-state index is -5.10. The van der Waals surface area contributed by atoms with E-state index >= 15 is 0 Å². The number of nitrogens with one attached hydrogen (secondary N) is 4. The summed E-state index contributed by atoms with van der Waals surface area (Å²) in [5.41, 5.74) is -1.88. The Balaban J connectivity index is 1.55. The number of rotatable bonds is 6. The zero-order valence-electron chi connectivity index (χ0n) is 19.8. The minimum absolute atomic E-state index is 0.0660. The lowest BCUT2D eigenvalue weighted by atomic mass is 10.0. The molecule has 2 amide bonds. The Morgan fingerprint density at radius 2 is 1.82 bits per heavy atom. The molecule has 0 saturated carbocycles. The van der Waals surface area contributed by atoms with E-state index in [9.17, 15) is 35.9 Å². The van der Waals surface area contributed by atoms with Crippen molar-refractivity contribution in [3.63, 3.8) is 0 Å². The van der Waals surface area contributed by atoms with Crippen LogP contribution in [-0.4, -0.2) is 34.0 Å². The first-order chi connectivity index (χ1) is 18.9. The predicted octanol–water partition coefficient (Wildman–Crippen LogP) is 5.93. The third-order valence-corrected chi connectivity index (χ3v) is 5.94. The fraction of sp³-hybridized carbons (Fsp3) is 0.0800. The lowest BCUT2D eigenvalue weighted by molar-refractivity contribution is -0.143. The molecular weight excluding hydrogens is 544 g/mol. The van der Waals surface area contributed by atoms with Gasteiger partial charge in [-0.2, -0.15) is 36.5 Å². The number of benzene rings is 3. The maximum atomic E-state index is 14.3. The third-order valence-electron chi connectivity index (χ3n) is 5.94. The number of anilines is 3. The number of halogens is 6. The molecule has 0 atom stereocenters. The first-order valence-corrected chi connectivity index (χ1v) is 11.2. The highest BCUT2D eigenvalue weighted by molar-refractivity contribution is 6.25. The SMILES string of the molecule is N=C/C=N\Nc1ccc(NC(=O)c2cnn(-c3ccc4c5c(cccc35)C(=O)N4)c2C(F)(F)F)cc1C(F)(F)F. The second-order valence-corrected chi connectivity index (χ2v) is 8.40. The van der Waals surface area contributed by atoms with E-state index in [0.717, 1.165) is 24.6 Å². The summed E-state index contributed by atoms with van der Waals surface area (Å²) in [7, 11) is 0. The average Bonchev–Trinajstić information content (AvgIpc) is 3.48. The molecule has 0 fully saturated rings. The summed E-state index contributed by atoms with van der Waals surface area (Å²) in [4.78, 5) is 25.1. The van der Waals surface area contributed by atoms with Gasteiger partial charge in [0.05, 0.1) is 34.9 Å². The van der Waals surface area contributed by atoms with Gasteiger partial charge in [0.2, 0.25) is 0 Å². The van der Waals surface area contributed by atoms with Crippen molar-refractivity contribution in [3.8, 4) is 5.69 Å². The molecule has 15 heteroatoms. The highest BCUT2D eigenvalue weighted by atomic mass is 19.4. The second-order valence-electron chi connectivity index (χ2n) is 8.40. The fourth-order valence-electron chi connectivity index (χ4n) is 4.33. The molecule has 0 unspecified atom stereocenters. The summed E-state index contributed by atoms with van der Waals surface area (Å²) >= 11 is 0. The summed E-state index contributed by atoms with van der Waals surface area (Å²) in [6.07, 6.45) is -7.72. The highest BCUT2D eigenvalue weighted by Crippen LogP contribution is 2.40. The van der Waals surface area contributed by atoms with E-state index in [1.807, 2.05) is 0 Å². The number of hydrogen-bond donors (Lipinski definition) is 4. The molecule has 3 aromatic carbocycles. The molecule has 4 aromatic rings. The van der Waals surface area contributed by atoms with Gasteiger partial charge in [0.15, 0.2) is 5.69 Å². The number of carbonyl (C=O) groups excluding carboxylic acids is 2. The first-order valence-electron chi connectivity index (χ1n) is 11.2. The molecule has 9 nitrogen and oxygen atoms in total. The van der Waals surface area contributed by atoms with Crippen LogP contribution in [0.4, 0.5) is 43.4 Å². The number of carbonyl (C=O) groups is 2. The standard InChI is InChI=1S/C25H15F6N7O2/c26-24(27,28)16-10-12(4-5-17(16)37-33-9-8-32)35-23(40)15-11-34-38(21(15)25(29,30)31)19-7-6-18-20-13(19)2-1-3-14(20)22(39)36-18/h1-11,32,37H,(H,35,40)(H,36,39)/b32-8?,33-9-. The molecule has 0 saturated heterocycles. The maximum Gasteiger partial charge on any atom is 0.434 e. The van der Waals surface area contributed by atoms with Crippen molar-refractivity contribution in [2.45, 2.75) is 12.4 Å². The monoisotopic (exact) mass is 559 g/mol. The maximum absolute atomic E-state index is 14.3. The van der Waals surface area contributed by atoms with Crippen LogP contribution in [0.1, 0.15) is 32.0 Å². The van der Waals surface area contributed by atoms with Crippen LogP contribution < -0.4 is 16.1 Å². The first kappa shape index (κ1) is 26.4. The molecule has 204 valence electrons. The molecule has 0 radical (unpaired) electrons. The van der Waals surface area contributed by atoms with Crippen molar-refractivity contribution in [2.24, 2.45) is 5.10 Å². The van der Waals surface area contributed by atoms with Crippen LogP contribution in [0.25, 0.3) is 16.5 Å². The van der Waals surface area contributed by atoms with Gasteiger partial charge >= 0.3 is 12.4 Å². The molecule has 2 heterocycles. The van der Waals surface area contributed by atoms with Gasteiger partial charge in [0.1, 0.15) is 0 Å². The Morgan fingerprint density at radius 3 is 2.52 bits per heavy atom. The summed E-state index contributed by atoms with van der Waals surface area (Å²) in [5, 5.41) is 19.4. The molecule has 1 aliphatic rings. The van der Waals surface area contributed by atoms with E-state index in [2.05, 4.69) is 26.3 Å². The van der Waals surface area contributed by atoms with Gasteiger partial charge in [-0.25, -0.2) is 4.68 Å². The molecular formula is C25H15F6N7O2. The topological polar surface area (TPSA) is 124 Å². The lowest BCUT2D eigenvalue weighted by Crippen LogP contribution is -2.21. The smallest absolute Gasteiger partial charge is 0.322 e. The Hall–Kier alpha value is -5.21. The van der Waals surface area contributed by atoms with Crippen LogP contribution in [0.15, 0.2) is 59.8 Å². The molecule has 0 bridgehead atoms. The number of amides is 2. The minimum Gasteiger partial charge on any atom is -0.322 e. The Kier molecular flexibility index (Phi) is 6.28. The van der Waals surface area contributed by atoms with Gasteiger partial charge in [-0.3, -0.25) is 15.0 Å².